The van der Waals surface area contributed by atoms with E-state index in [4.69, 9.17) is 21.1 Å². The average Bonchev–Trinajstić information content (AvgIpc) is 3.52. The van der Waals surface area contributed by atoms with E-state index in [0.717, 1.165) is 22.5 Å². The average molecular weight is 594 g/mol. The van der Waals surface area contributed by atoms with Crippen molar-refractivity contribution in [1.29, 1.82) is 0 Å². The van der Waals surface area contributed by atoms with Crippen LogP contribution in [0.1, 0.15) is 11.1 Å². The van der Waals surface area contributed by atoms with Gasteiger partial charge in [0.1, 0.15) is 10.3 Å². The minimum atomic E-state index is -4.04. The maximum Gasteiger partial charge on any atom is 0.272 e. The van der Waals surface area contributed by atoms with E-state index < -0.39 is 15.8 Å². The van der Waals surface area contributed by atoms with Gasteiger partial charge < -0.3 is 20.1 Å². The number of carbonyl (C=O) groups excluding carboxylic acids is 1. The third-order valence-electron chi connectivity index (χ3n) is 6.10. The van der Waals surface area contributed by atoms with Crippen molar-refractivity contribution >= 4 is 55.6 Å². The normalized spacial score (nSPS) is 15.8. The van der Waals surface area contributed by atoms with E-state index in [1.807, 2.05) is 24.3 Å². The van der Waals surface area contributed by atoms with Gasteiger partial charge in [0.25, 0.3) is 10.0 Å². The van der Waals surface area contributed by atoms with Crippen molar-refractivity contribution in [3.63, 3.8) is 0 Å². The maximum absolute atomic E-state index is 14.6. The molecule has 0 unspecified atom stereocenters. The van der Waals surface area contributed by atoms with Crippen molar-refractivity contribution in [3.05, 3.63) is 69.8 Å². The van der Waals surface area contributed by atoms with E-state index in [0.29, 0.717) is 36.2 Å². The second-order valence-corrected chi connectivity index (χ2v) is 12.4. The molecule has 1 amide bonds. The van der Waals surface area contributed by atoms with Crippen LogP contribution in [0.4, 0.5) is 10.2 Å². The molecular weight excluding hydrogens is 569 g/mol. The topological polar surface area (TPSA) is 124 Å². The summed E-state index contributed by atoms with van der Waals surface area (Å²) < 4.78 is 55.6. The van der Waals surface area contributed by atoms with E-state index in [9.17, 15) is 17.6 Å². The fraction of sp³-hybridized carbons (Fsp3) is 0.280. The number of hydrogen-bond acceptors (Lipinski definition) is 8. The number of fused-ring (bicyclic) bond motifs is 1. The Balaban J connectivity index is 1.41. The summed E-state index contributed by atoms with van der Waals surface area (Å²) in [5, 5.41) is 10.7. The zero-order valence-electron chi connectivity index (χ0n) is 20.7. The molecule has 2 aromatic carbocycles. The van der Waals surface area contributed by atoms with Gasteiger partial charge in [-0.15, -0.1) is 11.3 Å². The molecule has 10 nitrogen and oxygen atoms in total. The summed E-state index contributed by atoms with van der Waals surface area (Å²) in [5.41, 5.74) is 2.18. The standard InChI is InChI=1S/C25H25ClFN5O5S2/c1-36-23-17(27)5-6-19-22(23)24(31-39(34,35)21-8-7-20(26)38-21)30-32(19)13-16-4-2-3-15(11-16)12-29-25(33)18-14-37-10-9-28-18/h2-8,11,18,28H,9-10,12-14H2,1H3,(H,29,33)(H,30,31)/t18-/m1/s1. The Bertz CT molecular complexity index is 1620. The second-order valence-electron chi connectivity index (χ2n) is 8.76. The lowest BCUT2D eigenvalue weighted by atomic mass is 10.1. The highest BCUT2D eigenvalue weighted by Gasteiger charge is 2.25. The number of methoxy groups -OCH3 is 1. The molecule has 3 heterocycles. The zero-order valence-corrected chi connectivity index (χ0v) is 23.1. The number of hydrogen-bond donors (Lipinski definition) is 3. The molecule has 2 aromatic heterocycles. The van der Waals surface area contributed by atoms with Crippen LogP contribution in [0.25, 0.3) is 10.9 Å². The summed E-state index contributed by atoms with van der Waals surface area (Å²) in [5.74, 6) is -0.995. The summed E-state index contributed by atoms with van der Waals surface area (Å²) in [7, 11) is -2.73. The number of ether oxygens (including phenoxy) is 2. The van der Waals surface area contributed by atoms with Gasteiger partial charge in [0, 0.05) is 13.1 Å². The third-order valence-corrected chi connectivity index (χ3v) is 9.16. The van der Waals surface area contributed by atoms with Crippen molar-refractivity contribution in [2.75, 3.05) is 31.6 Å². The van der Waals surface area contributed by atoms with Crippen LogP contribution in [-0.4, -0.2) is 57.0 Å². The molecule has 206 valence electrons. The van der Waals surface area contributed by atoms with E-state index in [1.54, 1.807) is 4.68 Å². The second kappa shape index (κ2) is 11.5. The van der Waals surface area contributed by atoms with Gasteiger partial charge in [0.05, 0.1) is 42.1 Å². The Morgan fingerprint density at radius 2 is 2.10 bits per heavy atom. The lowest BCUT2D eigenvalue weighted by Gasteiger charge is -2.22. The molecule has 1 atom stereocenters. The number of sulfonamides is 1. The fourth-order valence-corrected chi connectivity index (χ4v) is 6.78. The molecule has 3 N–H and O–H groups in total. The van der Waals surface area contributed by atoms with E-state index in [1.165, 1.54) is 31.4 Å². The first kappa shape index (κ1) is 27.3. The van der Waals surface area contributed by atoms with Crippen LogP contribution in [0, 0.1) is 5.82 Å². The largest absolute Gasteiger partial charge is 0.493 e. The molecule has 0 bridgehead atoms. The maximum atomic E-state index is 14.6. The highest BCUT2D eigenvalue weighted by molar-refractivity contribution is 7.94. The van der Waals surface area contributed by atoms with Gasteiger partial charge in [0.2, 0.25) is 5.91 Å². The van der Waals surface area contributed by atoms with Crippen LogP contribution >= 0.6 is 22.9 Å². The van der Waals surface area contributed by atoms with Crippen molar-refractivity contribution in [2.45, 2.75) is 23.3 Å². The van der Waals surface area contributed by atoms with Crippen LogP contribution in [0.3, 0.4) is 0 Å². The van der Waals surface area contributed by atoms with Crippen molar-refractivity contribution in [2.24, 2.45) is 0 Å². The van der Waals surface area contributed by atoms with Crippen molar-refractivity contribution in [1.82, 2.24) is 20.4 Å². The molecule has 4 aromatic rings. The third kappa shape index (κ3) is 6.02. The molecule has 5 rings (SSSR count). The number of nitrogens with zero attached hydrogens (tertiary/aromatic N) is 2. The Kier molecular flexibility index (Phi) is 8.05. The minimum Gasteiger partial charge on any atom is -0.493 e. The zero-order chi connectivity index (χ0) is 27.6. The Labute approximate surface area is 233 Å². The van der Waals surface area contributed by atoms with Gasteiger partial charge in [-0.2, -0.15) is 5.10 Å². The molecule has 1 saturated heterocycles. The molecule has 1 aliphatic rings. The Hall–Kier alpha value is -3.23. The number of carbonyl (C=O) groups is 1. The number of benzene rings is 2. The highest BCUT2D eigenvalue weighted by atomic mass is 35.5. The fourth-order valence-electron chi connectivity index (χ4n) is 4.28. The summed E-state index contributed by atoms with van der Waals surface area (Å²) in [6, 6.07) is 12.8. The van der Waals surface area contributed by atoms with Gasteiger partial charge in [-0.1, -0.05) is 35.9 Å². The number of nitrogens with one attached hydrogen (secondary N) is 3. The van der Waals surface area contributed by atoms with E-state index in [2.05, 4.69) is 20.5 Å². The molecule has 1 fully saturated rings. The Morgan fingerprint density at radius 1 is 1.28 bits per heavy atom. The molecular formula is C25H25ClFN5O5S2. The first-order valence-electron chi connectivity index (χ1n) is 11.9. The quantitative estimate of drug-likeness (QED) is 0.272. The van der Waals surface area contributed by atoms with E-state index in [-0.39, 0.29) is 39.7 Å². The number of rotatable bonds is 9. The van der Waals surface area contributed by atoms with Gasteiger partial charge in [0.15, 0.2) is 17.4 Å². The van der Waals surface area contributed by atoms with Crippen LogP contribution in [0.2, 0.25) is 4.34 Å². The number of thiophene rings is 1. The first-order valence-corrected chi connectivity index (χ1v) is 14.6. The summed E-state index contributed by atoms with van der Waals surface area (Å²) in [4.78, 5) is 12.4. The SMILES string of the molecule is COc1c(F)ccc2c1c(NS(=O)(=O)c1ccc(Cl)s1)nn2Cc1cccc(CNC(=O)[C@H]2COCCN2)c1. The lowest BCUT2D eigenvalue weighted by molar-refractivity contribution is -0.126. The van der Waals surface area contributed by atoms with Gasteiger partial charge in [-0.3, -0.25) is 14.2 Å². The Morgan fingerprint density at radius 3 is 2.82 bits per heavy atom. The van der Waals surface area contributed by atoms with Crippen molar-refractivity contribution in [3.8, 4) is 5.75 Å². The van der Waals surface area contributed by atoms with Crippen LogP contribution in [0.15, 0.2) is 52.7 Å². The molecule has 0 radical (unpaired) electrons. The number of amides is 1. The van der Waals surface area contributed by atoms with E-state index >= 15 is 0 Å². The summed E-state index contributed by atoms with van der Waals surface area (Å²) in [6.07, 6.45) is 0. The number of morpholine rings is 1. The smallest absolute Gasteiger partial charge is 0.272 e. The number of halogens is 2. The molecule has 0 saturated carbocycles. The molecule has 39 heavy (non-hydrogen) atoms. The van der Waals surface area contributed by atoms with Crippen LogP contribution < -0.4 is 20.1 Å². The lowest BCUT2D eigenvalue weighted by Crippen LogP contribution is -2.51. The monoisotopic (exact) mass is 593 g/mol. The predicted molar refractivity (Wildman–Crippen MR) is 146 cm³/mol. The molecule has 1 aliphatic heterocycles. The highest BCUT2D eigenvalue weighted by Crippen LogP contribution is 2.36. The molecule has 0 aliphatic carbocycles. The minimum absolute atomic E-state index is 0.00434. The van der Waals surface area contributed by atoms with Crippen molar-refractivity contribution < 1.29 is 27.1 Å². The van der Waals surface area contributed by atoms with Gasteiger partial charge >= 0.3 is 0 Å². The van der Waals surface area contributed by atoms with Crippen LogP contribution in [0.5, 0.6) is 5.75 Å². The molecule has 0 spiro atoms. The molecule has 14 heteroatoms. The summed E-state index contributed by atoms with van der Waals surface area (Å²) in [6.45, 7) is 2.10. The van der Waals surface area contributed by atoms with Gasteiger partial charge in [-0.05, 0) is 35.4 Å². The number of anilines is 1. The predicted octanol–water partition coefficient (Wildman–Crippen LogP) is 3.35. The first-order chi connectivity index (χ1) is 18.7. The van der Waals surface area contributed by atoms with Crippen LogP contribution in [-0.2, 0) is 32.6 Å². The summed E-state index contributed by atoms with van der Waals surface area (Å²) >= 11 is 6.82. The van der Waals surface area contributed by atoms with Gasteiger partial charge in [-0.25, -0.2) is 12.8 Å². The number of aromatic nitrogens is 2.